The van der Waals surface area contributed by atoms with E-state index in [9.17, 15) is 23.1 Å². The average molecular weight is 542 g/mol. The molecule has 3 N–H and O–H groups in total. The van der Waals surface area contributed by atoms with Gasteiger partial charge in [0.2, 0.25) is 0 Å². The molecular weight excluding hydrogens is 507 g/mol. The number of hydrogen-bond donors (Lipinski definition) is 3. The molecule has 2 fully saturated rings. The first-order chi connectivity index (χ1) is 18.5. The van der Waals surface area contributed by atoms with Crippen LogP contribution in [0.1, 0.15) is 18.1 Å². The number of nitrogens with one attached hydrogen (secondary N) is 2. The lowest BCUT2D eigenvalue weighted by Crippen LogP contribution is -2.68. The van der Waals surface area contributed by atoms with E-state index < -0.39 is 35.1 Å². The minimum absolute atomic E-state index is 0.0185. The van der Waals surface area contributed by atoms with Crippen LogP contribution in [0.5, 0.6) is 0 Å². The summed E-state index contributed by atoms with van der Waals surface area (Å²) < 4.78 is 41.6. The van der Waals surface area contributed by atoms with E-state index in [4.69, 9.17) is 0 Å². The molecule has 2 bridgehead atoms. The lowest BCUT2D eigenvalue weighted by Gasteiger charge is -2.55. The van der Waals surface area contributed by atoms with Gasteiger partial charge in [0, 0.05) is 61.9 Å². The Hall–Kier alpha value is -3.47. The predicted molar refractivity (Wildman–Crippen MR) is 147 cm³/mol. The summed E-state index contributed by atoms with van der Waals surface area (Å²) in [4.78, 5) is 20.8. The van der Waals surface area contributed by atoms with Gasteiger partial charge < -0.3 is 25.5 Å². The van der Waals surface area contributed by atoms with Crippen LogP contribution < -0.4 is 10.6 Å². The number of fused-ring (bicyclic) bond motifs is 2. The number of likely N-dealkylation sites (tertiary alicyclic amines) is 2. The number of carbonyl (C=O) groups is 1. The first-order valence-corrected chi connectivity index (χ1v) is 12.8. The van der Waals surface area contributed by atoms with Crippen molar-refractivity contribution >= 4 is 24.0 Å². The molecular formula is C29H34F3N5O2. The van der Waals surface area contributed by atoms with Crippen LogP contribution in [-0.4, -0.2) is 73.5 Å². The summed E-state index contributed by atoms with van der Waals surface area (Å²) in [6, 6.07) is 7.39. The number of allylic oxidation sites excluding steroid dienone is 3. The first kappa shape index (κ1) is 28.5. The Morgan fingerprint density at radius 1 is 1.10 bits per heavy atom. The minimum Gasteiger partial charge on any atom is -0.383 e. The molecule has 2 saturated heterocycles. The van der Waals surface area contributed by atoms with Crippen molar-refractivity contribution in [3.63, 3.8) is 0 Å². The smallest absolute Gasteiger partial charge is 0.321 e. The second-order valence-electron chi connectivity index (χ2n) is 10.3. The highest BCUT2D eigenvalue weighted by Crippen LogP contribution is 2.43. The van der Waals surface area contributed by atoms with Crippen molar-refractivity contribution in [1.82, 2.24) is 15.1 Å². The molecule has 2 atom stereocenters. The molecule has 2 aliphatic rings. The SMILES string of the molecule is C=N/C(=C\C=C(/C)c1ccc(CNC)c(F)c1)C1(O)C2CN(C)CC1CN(C(=O)Nc1cc(F)cc(F)c1)C2. The Balaban J connectivity index is 1.56. The highest BCUT2D eigenvalue weighted by molar-refractivity contribution is 5.89. The average Bonchev–Trinajstić information content (AvgIpc) is 2.85. The van der Waals surface area contributed by atoms with Gasteiger partial charge in [0.05, 0.1) is 5.70 Å². The summed E-state index contributed by atoms with van der Waals surface area (Å²) in [7, 11) is 3.71. The minimum atomic E-state index is -1.35. The number of anilines is 1. The van der Waals surface area contributed by atoms with Crippen molar-refractivity contribution < 1.29 is 23.1 Å². The van der Waals surface area contributed by atoms with Crippen LogP contribution in [0.15, 0.2) is 59.2 Å². The number of halogens is 3. The van der Waals surface area contributed by atoms with E-state index in [1.54, 1.807) is 30.2 Å². The molecule has 2 amide bonds. The van der Waals surface area contributed by atoms with Crippen LogP contribution in [-0.2, 0) is 6.54 Å². The predicted octanol–water partition coefficient (Wildman–Crippen LogP) is 4.27. The summed E-state index contributed by atoms with van der Waals surface area (Å²) in [6.45, 7) is 7.38. The fourth-order valence-corrected chi connectivity index (χ4v) is 5.59. The van der Waals surface area contributed by atoms with Gasteiger partial charge in [-0.25, -0.2) is 18.0 Å². The van der Waals surface area contributed by atoms with Crippen LogP contribution in [0.3, 0.4) is 0 Å². The monoisotopic (exact) mass is 541 g/mol. The zero-order valence-corrected chi connectivity index (χ0v) is 22.3. The van der Waals surface area contributed by atoms with Gasteiger partial charge in [0.25, 0.3) is 0 Å². The third-order valence-electron chi connectivity index (χ3n) is 7.54. The van der Waals surface area contributed by atoms with Gasteiger partial charge in [-0.05, 0) is 63.1 Å². The van der Waals surface area contributed by atoms with E-state index in [0.717, 1.165) is 23.8 Å². The van der Waals surface area contributed by atoms with Crippen LogP contribution in [0.25, 0.3) is 5.57 Å². The Labute approximate surface area is 226 Å². The quantitative estimate of drug-likeness (QED) is 0.362. The fraction of sp³-hybridized carbons (Fsp3) is 0.379. The molecule has 2 aromatic rings. The number of urea groups is 1. The number of rotatable bonds is 7. The molecule has 2 aromatic carbocycles. The normalized spacial score (nSPS) is 24.0. The molecule has 2 aliphatic heterocycles. The molecule has 2 unspecified atom stereocenters. The van der Waals surface area contributed by atoms with Crippen LogP contribution in [0.4, 0.5) is 23.7 Å². The number of piperidine rings is 2. The van der Waals surface area contributed by atoms with Crippen molar-refractivity contribution in [2.24, 2.45) is 16.8 Å². The van der Waals surface area contributed by atoms with E-state index in [-0.39, 0.29) is 24.6 Å². The maximum absolute atomic E-state index is 14.5. The summed E-state index contributed by atoms with van der Waals surface area (Å²) in [5, 5.41) is 17.5. The van der Waals surface area contributed by atoms with Gasteiger partial charge in [-0.1, -0.05) is 18.2 Å². The molecule has 0 spiro atoms. The molecule has 0 radical (unpaired) electrons. The molecule has 10 heteroatoms. The third-order valence-corrected chi connectivity index (χ3v) is 7.54. The molecule has 7 nitrogen and oxygen atoms in total. The second kappa shape index (κ2) is 11.7. The Kier molecular flexibility index (Phi) is 8.58. The van der Waals surface area contributed by atoms with Gasteiger partial charge in [-0.2, -0.15) is 0 Å². The van der Waals surface area contributed by atoms with E-state index in [2.05, 4.69) is 27.2 Å². The third kappa shape index (κ3) is 6.08. The molecule has 2 heterocycles. The van der Waals surface area contributed by atoms with Gasteiger partial charge >= 0.3 is 6.03 Å². The lowest BCUT2D eigenvalue weighted by molar-refractivity contribution is -0.122. The molecule has 208 valence electrons. The summed E-state index contributed by atoms with van der Waals surface area (Å²) >= 11 is 0. The van der Waals surface area contributed by atoms with Gasteiger partial charge in [0.1, 0.15) is 23.1 Å². The molecule has 39 heavy (non-hydrogen) atoms. The molecule has 4 rings (SSSR count). The maximum atomic E-state index is 14.5. The van der Waals surface area contributed by atoms with Crippen molar-refractivity contribution in [3.8, 4) is 0 Å². The molecule has 0 aromatic heterocycles. The Morgan fingerprint density at radius 3 is 2.31 bits per heavy atom. The van der Waals surface area contributed by atoms with Gasteiger partial charge in [-0.15, -0.1) is 0 Å². The van der Waals surface area contributed by atoms with Crippen molar-refractivity contribution in [2.75, 3.05) is 45.6 Å². The number of benzene rings is 2. The van der Waals surface area contributed by atoms with E-state index in [1.807, 2.05) is 20.0 Å². The molecule has 0 aliphatic carbocycles. The van der Waals surface area contributed by atoms with E-state index in [0.29, 0.717) is 36.5 Å². The zero-order valence-electron chi connectivity index (χ0n) is 22.3. The summed E-state index contributed by atoms with van der Waals surface area (Å²) in [5.41, 5.74) is 1.11. The largest absolute Gasteiger partial charge is 0.383 e. The summed E-state index contributed by atoms with van der Waals surface area (Å²) in [5.74, 6) is -2.67. The highest BCUT2D eigenvalue weighted by atomic mass is 19.1. The molecule has 0 saturated carbocycles. The van der Waals surface area contributed by atoms with Crippen molar-refractivity contribution in [1.29, 1.82) is 0 Å². The number of aliphatic imine (C=N–C) groups is 1. The second-order valence-corrected chi connectivity index (χ2v) is 10.3. The van der Waals surface area contributed by atoms with E-state index in [1.165, 1.54) is 6.07 Å². The standard InChI is InChI=1S/C29H34F3N5O2/c1-18(19-6-7-20(13-33-2)26(32)9-19)5-8-27(34-3)29(39)21-14-36(4)15-22(29)17-37(16-21)28(38)35-25-11-23(30)10-24(31)12-25/h5-12,21-22,33,39H,3,13-17H2,1-2,4H3,(H,35,38)/b18-5+,27-8-. The first-order valence-electron chi connectivity index (χ1n) is 12.8. The topological polar surface area (TPSA) is 80.2 Å². The van der Waals surface area contributed by atoms with Crippen molar-refractivity contribution in [3.05, 3.63) is 82.8 Å². The van der Waals surface area contributed by atoms with Gasteiger partial charge in [0.15, 0.2) is 0 Å². The van der Waals surface area contributed by atoms with Crippen LogP contribution in [0, 0.1) is 29.3 Å². The number of amides is 2. The number of carbonyl (C=O) groups excluding carboxylic acids is 1. The number of nitrogens with zero attached hydrogens (tertiary/aromatic N) is 3. The maximum Gasteiger partial charge on any atom is 0.321 e. The zero-order chi connectivity index (χ0) is 28.3. The van der Waals surface area contributed by atoms with Gasteiger partial charge in [-0.3, -0.25) is 4.99 Å². The van der Waals surface area contributed by atoms with Crippen molar-refractivity contribution in [2.45, 2.75) is 19.1 Å². The highest BCUT2D eigenvalue weighted by Gasteiger charge is 2.55. The number of aliphatic hydroxyl groups is 1. The Bertz CT molecular complexity index is 1280. The van der Waals surface area contributed by atoms with E-state index >= 15 is 0 Å². The fourth-order valence-electron chi connectivity index (χ4n) is 5.59. The lowest BCUT2D eigenvalue weighted by atomic mass is 9.68. The Morgan fingerprint density at radius 2 is 1.74 bits per heavy atom. The number of hydrogen-bond acceptors (Lipinski definition) is 5. The van der Waals surface area contributed by atoms with Crippen LogP contribution >= 0.6 is 0 Å². The van der Waals surface area contributed by atoms with Crippen LogP contribution in [0.2, 0.25) is 0 Å². The summed E-state index contributed by atoms with van der Waals surface area (Å²) in [6.07, 6.45) is 3.49.